The minimum atomic E-state index is -5.74. The number of hydrogen-bond acceptors (Lipinski definition) is 5. The summed E-state index contributed by atoms with van der Waals surface area (Å²) in [5.41, 5.74) is -2.61. The Kier molecular flexibility index (Phi) is 12.4. The van der Waals surface area contributed by atoms with E-state index in [4.69, 9.17) is 4.74 Å². The zero-order chi connectivity index (χ0) is 39.0. The molecule has 0 radical (unpaired) electrons. The zero-order valence-electron chi connectivity index (χ0n) is 27.9. The topological polar surface area (TPSA) is 96.5 Å². The Balaban J connectivity index is 1.30. The number of thioether (sulfide) groups is 1. The fourth-order valence-electron chi connectivity index (χ4n) is 4.83. The summed E-state index contributed by atoms with van der Waals surface area (Å²) < 4.78 is 101. The predicted molar refractivity (Wildman–Crippen MR) is 189 cm³/mol. The molecule has 0 heterocycles. The van der Waals surface area contributed by atoms with E-state index in [2.05, 4.69) is 10.6 Å². The van der Waals surface area contributed by atoms with Crippen LogP contribution in [0.3, 0.4) is 0 Å². The second-order valence-electron chi connectivity index (χ2n) is 11.5. The number of benzene rings is 5. The van der Waals surface area contributed by atoms with E-state index < -0.39 is 63.7 Å². The summed E-state index contributed by atoms with van der Waals surface area (Å²) in [7, 11) is 0. The van der Waals surface area contributed by atoms with Gasteiger partial charge in [0.1, 0.15) is 29.3 Å². The third kappa shape index (κ3) is 9.86. The van der Waals surface area contributed by atoms with E-state index in [1.165, 1.54) is 37.3 Å². The minimum Gasteiger partial charge on any atom is -0.489 e. The lowest BCUT2D eigenvalue weighted by molar-refractivity contribution is -0.143. The molecule has 0 saturated heterocycles. The molecule has 3 amide bonds. The number of anilines is 2. The molecule has 0 saturated carbocycles. The van der Waals surface area contributed by atoms with Crippen molar-refractivity contribution in [3.63, 3.8) is 0 Å². The molecule has 0 bridgehead atoms. The Bertz CT molecular complexity index is 2150. The molecule has 5 aromatic rings. The molecule has 15 heteroatoms. The van der Waals surface area contributed by atoms with Gasteiger partial charge in [0.15, 0.2) is 23.3 Å². The van der Waals surface area contributed by atoms with Crippen LogP contribution in [0.5, 0.6) is 5.75 Å². The standard InChI is InChI=1S/C39H28F7N3O4S/c1-22(36(50)49-35-33(42)31(40)30(39(44,45)46)32(41)34(35)43)54-28-14-8-13-26(20-28)47-38(52)29(48-37(51)25-11-6-3-7-12-25)19-23-15-17-27(18-16-23)53-21-24-9-4-2-5-10-24/h2-20,22H,21H2,1H3,(H,47,52)(H,48,51)(H,49,50)/b29-19+. The van der Waals surface area contributed by atoms with Gasteiger partial charge in [-0.15, -0.1) is 11.8 Å². The molecule has 1 atom stereocenters. The second-order valence-corrected chi connectivity index (χ2v) is 12.9. The van der Waals surface area contributed by atoms with Crippen LogP contribution in [0.2, 0.25) is 0 Å². The molecule has 278 valence electrons. The van der Waals surface area contributed by atoms with Crippen molar-refractivity contribution in [3.05, 3.63) is 160 Å². The van der Waals surface area contributed by atoms with E-state index in [-0.39, 0.29) is 16.9 Å². The molecule has 0 aliphatic heterocycles. The Morgan fingerprint density at radius 3 is 1.98 bits per heavy atom. The molecule has 5 aromatic carbocycles. The normalized spacial score (nSPS) is 12.1. The third-order valence-electron chi connectivity index (χ3n) is 7.54. The number of nitrogens with one attached hydrogen (secondary N) is 3. The lowest BCUT2D eigenvalue weighted by atomic mass is 10.1. The van der Waals surface area contributed by atoms with Crippen molar-refractivity contribution >= 4 is 46.9 Å². The number of alkyl halides is 3. The van der Waals surface area contributed by atoms with E-state index in [9.17, 15) is 45.1 Å². The molecule has 0 aromatic heterocycles. The van der Waals surface area contributed by atoms with Crippen molar-refractivity contribution in [2.75, 3.05) is 10.6 Å². The van der Waals surface area contributed by atoms with Crippen molar-refractivity contribution in [2.24, 2.45) is 0 Å². The van der Waals surface area contributed by atoms with Crippen LogP contribution in [0.15, 0.2) is 120 Å². The van der Waals surface area contributed by atoms with Crippen LogP contribution in [-0.4, -0.2) is 23.0 Å². The van der Waals surface area contributed by atoms with Crippen molar-refractivity contribution in [2.45, 2.75) is 29.9 Å². The summed E-state index contributed by atoms with van der Waals surface area (Å²) in [6.07, 6.45) is -4.29. The number of ether oxygens (including phenoxy) is 1. The summed E-state index contributed by atoms with van der Waals surface area (Å²) in [6, 6.07) is 30.4. The van der Waals surface area contributed by atoms with Gasteiger partial charge >= 0.3 is 6.18 Å². The quantitative estimate of drug-likeness (QED) is 0.0509. The Morgan fingerprint density at radius 2 is 1.37 bits per heavy atom. The monoisotopic (exact) mass is 767 g/mol. The van der Waals surface area contributed by atoms with Crippen LogP contribution in [0.4, 0.5) is 42.1 Å². The maximum atomic E-state index is 14.4. The summed E-state index contributed by atoms with van der Waals surface area (Å²) in [5, 5.41) is 5.67. The molecule has 0 fully saturated rings. The van der Waals surface area contributed by atoms with Gasteiger partial charge in [-0.2, -0.15) is 13.2 Å². The van der Waals surface area contributed by atoms with Crippen LogP contribution in [0.1, 0.15) is 34.0 Å². The first-order chi connectivity index (χ1) is 25.7. The number of halogens is 7. The number of carbonyl (C=O) groups excluding carboxylic acids is 3. The molecule has 54 heavy (non-hydrogen) atoms. The molecule has 3 N–H and O–H groups in total. The lowest BCUT2D eigenvalue weighted by Gasteiger charge is -2.17. The van der Waals surface area contributed by atoms with Crippen LogP contribution in [0.25, 0.3) is 6.08 Å². The fourth-order valence-corrected chi connectivity index (χ4v) is 5.75. The molecule has 0 aliphatic rings. The Labute approximate surface area is 308 Å². The van der Waals surface area contributed by atoms with Gasteiger partial charge in [0, 0.05) is 16.1 Å². The highest BCUT2D eigenvalue weighted by molar-refractivity contribution is 8.00. The van der Waals surface area contributed by atoms with Crippen molar-refractivity contribution < 1.29 is 49.9 Å². The van der Waals surface area contributed by atoms with Crippen LogP contribution in [0, 0.1) is 23.3 Å². The van der Waals surface area contributed by atoms with Crippen molar-refractivity contribution in [1.82, 2.24) is 5.32 Å². The second kappa shape index (κ2) is 17.2. The Morgan fingerprint density at radius 1 is 0.759 bits per heavy atom. The largest absolute Gasteiger partial charge is 0.489 e. The van der Waals surface area contributed by atoms with Crippen molar-refractivity contribution in [3.8, 4) is 5.75 Å². The lowest BCUT2D eigenvalue weighted by Crippen LogP contribution is -2.30. The Hall–Kier alpha value is -6.09. The number of hydrogen-bond donors (Lipinski definition) is 3. The maximum Gasteiger partial charge on any atom is 0.422 e. The average molecular weight is 768 g/mol. The predicted octanol–water partition coefficient (Wildman–Crippen LogP) is 9.37. The van der Waals surface area contributed by atoms with Gasteiger partial charge in [0.2, 0.25) is 5.91 Å². The SMILES string of the molecule is CC(Sc1cccc(NC(=O)/C(=C\c2ccc(OCc3ccccc3)cc2)NC(=O)c2ccccc2)c1)C(=O)Nc1c(F)c(F)c(C(F)(F)F)c(F)c1F. The smallest absolute Gasteiger partial charge is 0.422 e. The first kappa shape index (κ1) is 39.1. The number of carbonyl (C=O) groups is 3. The summed E-state index contributed by atoms with van der Waals surface area (Å²) in [4.78, 5) is 39.7. The molecule has 1 unspecified atom stereocenters. The minimum absolute atomic E-state index is 0.132. The molecular weight excluding hydrogens is 739 g/mol. The van der Waals surface area contributed by atoms with Crippen molar-refractivity contribution in [1.29, 1.82) is 0 Å². The van der Waals surface area contributed by atoms with E-state index in [1.807, 2.05) is 30.3 Å². The van der Waals surface area contributed by atoms with E-state index in [0.29, 0.717) is 22.8 Å². The molecule has 5 rings (SSSR count). The van der Waals surface area contributed by atoms with Gasteiger partial charge in [-0.1, -0.05) is 66.7 Å². The van der Waals surface area contributed by atoms with Gasteiger partial charge in [-0.3, -0.25) is 14.4 Å². The molecular formula is C39H28F7N3O4S. The van der Waals surface area contributed by atoms with Crippen LogP contribution < -0.4 is 20.7 Å². The highest BCUT2D eigenvalue weighted by Crippen LogP contribution is 2.39. The third-order valence-corrected chi connectivity index (χ3v) is 8.63. The first-order valence-corrected chi connectivity index (χ1v) is 16.8. The van der Waals surface area contributed by atoms with Gasteiger partial charge in [-0.05, 0) is 66.6 Å². The number of rotatable bonds is 12. The molecule has 0 spiro atoms. The average Bonchev–Trinajstić information content (AvgIpc) is 3.15. The highest BCUT2D eigenvalue weighted by Gasteiger charge is 2.42. The highest BCUT2D eigenvalue weighted by atomic mass is 32.2. The summed E-state index contributed by atoms with van der Waals surface area (Å²) >= 11 is 0.790. The molecule has 7 nitrogen and oxygen atoms in total. The van der Waals surface area contributed by atoms with Gasteiger partial charge < -0.3 is 20.7 Å². The van der Waals surface area contributed by atoms with E-state index >= 15 is 0 Å². The zero-order valence-corrected chi connectivity index (χ0v) is 28.8. The van der Waals surface area contributed by atoms with Crippen LogP contribution >= 0.6 is 11.8 Å². The van der Waals surface area contributed by atoms with Gasteiger partial charge in [-0.25, -0.2) is 17.6 Å². The van der Waals surface area contributed by atoms with E-state index in [0.717, 1.165) is 17.3 Å². The number of amides is 3. The maximum absolute atomic E-state index is 14.4. The van der Waals surface area contributed by atoms with Gasteiger partial charge in [0.25, 0.3) is 11.8 Å². The summed E-state index contributed by atoms with van der Waals surface area (Å²) in [6.45, 7) is 1.60. The van der Waals surface area contributed by atoms with E-state index in [1.54, 1.807) is 59.9 Å². The van der Waals surface area contributed by atoms with Gasteiger partial charge in [0.05, 0.1) is 5.25 Å². The summed E-state index contributed by atoms with van der Waals surface area (Å²) in [5.74, 6) is -12.2. The fraction of sp³-hybridized carbons (Fsp3) is 0.103. The first-order valence-electron chi connectivity index (χ1n) is 15.9. The molecule has 0 aliphatic carbocycles. The van der Waals surface area contributed by atoms with Crippen LogP contribution in [-0.2, 0) is 22.4 Å².